The van der Waals surface area contributed by atoms with Gasteiger partial charge in [-0.05, 0) is 32.3 Å². The van der Waals surface area contributed by atoms with Crippen LogP contribution in [0.2, 0.25) is 0 Å². The van der Waals surface area contributed by atoms with Crippen LogP contribution in [0.1, 0.15) is 33.8 Å². The number of carbonyl (C=O) groups is 1. The van der Waals surface area contributed by atoms with Crippen LogP contribution in [0.3, 0.4) is 0 Å². The molecule has 1 aromatic heterocycles. The number of aryl methyl sites for hydroxylation is 2. The Morgan fingerprint density at radius 2 is 2.21 bits per heavy atom. The summed E-state index contributed by atoms with van der Waals surface area (Å²) >= 11 is 0. The van der Waals surface area contributed by atoms with Crippen LogP contribution >= 0.6 is 0 Å². The van der Waals surface area contributed by atoms with Gasteiger partial charge in [0.25, 0.3) is 5.91 Å². The van der Waals surface area contributed by atoms with E-state index in [-0.39, 0.29) is 17.9 Å². The molecule has 1 aliphatic heterocycles. The highest BCUT2D eigenvalue weighted by molar-refractivity contribution is 5.91. The van der Waals surface area contributed by atoms with Crippen molar-refractivity contribution >= 4 is 5.91 Å². The topological polar surface area (TPSA) is 55.6 Å². The summed E-state index contributed by atoms with van der Waals surface area (Å²) in [6.45, 7) is 5.27. The largest absolute Gasteiger partial charge is 0.381 e. The summed E-state index contributed by atoms with van der Waals surface area (Å²) in [5, 5.41) is 3.81. The number of amides is 1. The van der Waals surface area contributed by atoms with Crippen molar-refractivity contribution < 1.29 is 14.1 Å². The SMILES string of the molecule is CO[C@H]1CCN(C(=O)c2cc(C)no2)C[C@@H]1Cc1cccc(C)c1. The molecule has 1 fully saturated rings. The van der Waals surface area contributed by atoms with Crippen molar-refractivity contribution in [1.82, 2.24) is 10.1 Å². The fourth-order valence-corrected chi connectivity index (χ4v) is 3.46. The summed E-state index contributed by atoms with van der Waals surface area (Å²) in [6.07, 6.45) is 1.91. The molecule has 2 aromatic rings. The number of methoxy groups -OCH3 is 1. The fraction of sp³-hybridized carbons (Fsp3) is 0.474. The number of hydrogen-bond acceptors (Lipinski definition) is 4. The van der Waals surface area contributed by atoms with Crippen molar-refractivity contribution in [1.29, 1.82) is 0 Å². The first-order chi connectivity index (χ1) is 11.6. The van der Waals surface area contributed by atoms with Gasteiger partial charge in [-0.15, -0.1) is 0 Å². The molecule has 0 unspecified atom stereocenters. The van der Waals surface area contributed by atoms with E-state index in [9.17, 15) is 4.79 Å². The molecule has 128 valence electrons. The van der Waals surface area contributed by atoms with Gasteiger partial charge in [-0.25, -0.2) is 0 Å². The van der Waals surface area contributed by atoms with Crippen LogP contribution in [-0.4, -0.2) is 42.3 Å². The van der Waals surface area contributed by atoms with E-state index in [4.69, 9.17) is 9.26 Å². The van der Waals surface area contributed by atoms with Gasteiger partial charge in [0, 0.05) is 32.2 Å². The average Bonchev–Trinajstić information content (AvgIpc) is 3.00. The van der Waals surface area contributed by atoms with Crippen LogP contribution in [0.4, 0.5) is 0 Å². The lowest BCUT2D eigenvalue weighted by molar-refractivity contribution is -0.00412. The molecule has 5 heteroatoms. The number of carbonyl (C=O) groups excluding carboxylic acids is 1. The van der Waals surface area contributed by atoms with Gasteiger partial charge in [-0.1, -0.05) is 35.0 Å². The highest BCUT2D eigenvalue weighted by Gasteiger charge is 2.33. The first-order valence-corrected chi connectivity index (χ1v) is 8.37. The molecule has 0 spiro atoms. The van der Waals surface area contributed by atoms with Gasteiger partial charge in [-0.2, -0.15) is 0 Å². The van der Waals surface area contributed by atoms with Crippen LogP contribution < -0.4 is 0 Å². The van der Waals surface area contributed by atoms with Crippen molar-refractivity contribution in [2.24, 2.45) is 5.92 Å². The summed E-state index contributed by atoms with van der Waals surface area (Å²) < 4.78 is 10.8. The number of likely N-dealkylation sites (tertiary alicyclic amines) is 1. The van der Waals surface area contributed by atoms with Crippen molar-refractivity contribution in [3.05, 3.63) is 52.9 Å². The van der Waals surface area contributed by atoms with Crippen molar-refractivity contribution in [2.75, 3.05) is 20.2 Å². The molecule has 0 saturated carbocycles. The molecule has 1 aliphatic rings. The highest BCUT2D eigenvalue weighted by atomic mass is 16.5. The third-order valence-corrected chi connectivity index (χ3v) is 4.67. The molecule has 2 heterocycles. The summed E-state index contributed by atoms with van der Waals surface area (Å²) in [7, 11) is 1.76. The van der Waals surface area contributed by atoms with Gasteiger partial charge in [-0.3, -0.25) is 4.79 Å². The Morgan fingerprint density at radius 3 is 2.88 bits per heavy atom. The Labute approximate surface area is 142 Å². The lowest BCUT2D eigenvalue weighted by Crippen LogP contribution is -2.47. The van der Waals surface area contributed by atoms with Crippen LogP contribution in [0.25, 0.3) is 0 Å². The molecule has 0 N–H and O–H groups in total. The number of benzene rings is 1. The van der Waals surface area contributed by atoms with Crippen LogP contribution in [0.5, 0.6) is 0 Å². The molecule has 0 aliphatic carbocycles. The molecule has 2 atom stereocenters. The molecular formula is C19H24N2O3. The zero-order valence-corrected chi connectivity index (χ0v) is 14.5. The molecule has 0 radical (unpaired) electrons. The fourth-order valence-electron chi connectivity index (χ4n) is 3.46. The average molecular weight is 328 g/mol. The normalized spacial score (nSPS) is 21.0. The molecule has 1 aromatic carbocycles. The van der Waals surface area contributed by atoms with E-state index >= 15 is 0 Å². The van der Waals surface area contributed by atoms with Crippen LogP contribution in [0.15, 0.2) is 34.9 Å². The standard InChI is InChI=1S/C19H24N2O3/c1-13-5-4-6-15(9-13)11-16-12-21(8-7-17(16)23-3)19(22)18-10-14(2)20-24-18/h4-6,9-10,16-17H,7-8,11-12H2,1-3H3/t16-,17-/m0/s1. The van der Waals surface area contributed by atoms with Crippen molar-refractivity contribution in [3.8, 4) is 0 Å². The second kappa shape index (κ2) is 7.18. The molecule has 1 saturated heterocycles. The maximum absolute atomic E-state index is 12.6. The molecule has 5 nitrogen and oxygen atoms in total. The smallest absolute Gasteiger partial charge is 0.292 e. The van der Waals surface area contributed by atoms with Crippen molar-refractivity contribution in [2.45, 2.75) is 32.8 Å². The summed E-state index contributed by atoms with van der Waals surface area (Å²) in [6, 6.07) is 10.2. The predicted octanol–water partition coefficient (Wildman–Crippen LogP) is 3.01. The van der Waals surface area contributed by atoms with Gasteiger partial charge in [0.15, 0.2) is 0 Å². The minimum absolute atomic E-state index is 0.0839. The lowest BCUT2D eigenvalue weighted by Gasteiger charge is -2.37. The quantitative estimate of drug-likeness (QED) is 0.866. The Hall–Kier alpha value is -2.14. The van der Waals surface area contributed by atoms with Gasteiger partial charge in [0.1, 0.15) is 0 Å². The van der Waals surface area contributed by atoms with E-state index < -0.39 is 0 Å². The molecule has 1 amide bonds. The predicted molar refractivity (Wildman–Crippen MR) is 90.9 cm³/mol. The minimum atomic E-state index is -0.0839. The third-order valence-electron chi connectivity index (χ3n) is 4.67. The Kier molecular flexibility index (Phi) is 5.00. The van der Waals surface area contributed by atoms with Crippen LogP contribution in [0, 0.1) is 19.8 Å². The molecular weight excluding hydrogens is 304 g/mol. The van der Waals surface area contributed by atoms with E-state index in [1.165, 1.54) is 11.1 Å². The van der Waals surface area contributed by atoms with E-state index in [0.29, 0.717) is 18.8 Å². The van der Waals surface area contributed by atoms with E-state index in [2.05, 4.69) is 36.3 Å². The third kappa shape index (κ3) is 3.67. The second-order valence-corrected chi connectivity index (χ2v) is 6.60. The maximum atomic E-state index is 12.6. The number of ether oxygens (including phenoxy) is 1. The zero-order chi connectivity index (χ0) is 17.1. The van der Waals surface area contributed by atoms with Gasteiger partial charge in [0.2, 0.25) is 5.76 Å². The van der Waals surface area contributed by atoms with E-state index in [1.807, 2.05) is 11.8 Å². The first-order valence-electron chi connectivity index (χ1n) is 8.37. The monoisotopic (exact) mass is 328 g/mol. The zero-order valence-electron chi connectivity index (χ0n) is 14.5. The van der Waals surface area contributed by atoms with Crippen LogP contribution in [-0.2, 0) is 11.2 Å². The Balaban J connectivity index is 1.73. The van der Waals surface area contributed by atoms with E-state index in [0.717, 1.165) is 18.5 Å². The number of nitrogens with zero attached hydrogens (tertiary/aromatic N) is 2. The van der Waals surface area contributed by atoms with E-state index in [1.54, 1.807) is 13.2 Å². The molecule has 3 rings (SSSR count). The molecule has 24 heavy (non-hydrogen) atoms. The lowest BCUT2D eigenvalue weighted by atomic mass is 9.88. The van der Waals surface area contributed by atoms with Gasteiger partial charge in [0.05, 0.1) is 11.8 Å². The second-order valence-electron chi connectivity index (χ2n) is 6.60. The van der Waals surface area contributed by atoms with Gasteiger partial charge < -0.3 is 14.2 Å². The summed E-state index contributed by atoms with van der Waals surface area (Å²) in [5.74, 6) is 0.510. The Bertz CT molecular complexity index is 710. The summed E-state index contributed by atoms with van der Waals surface area (Å²) in [5.41, 5.74) is 3.26. The molecule has 0 bridgehead atoms. The minimum Gasteiger partial charge on any atom is -0.381 e. The maximum Gasteiger partial charge on any atom is 0.292 e. The van der Waals surface area contributed by atoms with Crippen molar-refractivity contribution in [3.63, 3.8) is 0 Å². The highest BCUT2D eigenvalue weighted by Crippen LogP contribution is 2.25. The number of aromatic nitrogens is 1. The van der Waals surface area contributed by atoms with Gasteiger partial charge >= 0.3 is 0 Å². The first kappa shape index (κ1) is 16.7. The summed E-state index contributed by atoms with van der Waals surface area (Å²) in [4.78, 5) is 14.5. The Morgan fingerprint density at radius 1 is 1.38 bits per heavy atom. The number of hydrogen-bond donors (Lipinski definition) is 0. The number of piperidine rings is 1. The number of rotatable bonds is 4.